The summed E-state index contributed by atoms with van der Waals surface area (Å²) in [7, 11) is 1.91. The molecule has 0 saturated heterocycles. The van der Waals surface area contributed by atoms with Crippen molar-refractivity contribution in [2.45, 2.75) is 20.0 Å². The first-order valence-corrected chi connectivity index (χ1v) is 6.88. The summed E-state index contributed by atoms with van der Waals surface area (Å²) in [5.74, 6) is 0.837. The molecule has 6 nitrogen and oxygen atoms in total. The standard InChI is InChI=1S/C14H22N6.HI/c1-3-15-14(16-6-9-20-7-4-5-8-20)17-10-13-11-18-19(2)12-13;/h4-5,7-8,11-12H,3,6,9-10H2,1-2H3,(H2,15,16,17);1H. The summed E-state index contributed by atoms with van der Waals surface area (Å²) in [6.07, 6.45) is 7.93. The van der Waals surface area contributed by atoms with Crippen LogP contribution in [-0.2, 0) is 20.1 Å². The van der Waals surface area contributed by atoms with Crippen molar-refractivity contribution in [3.05, 3.63) is 42.5 Å². The topological polar surface area (TPSA) is 59.2 Å². The Balaban J connectivity index is 0.00000220. The van der Waals surface area contributed by atoms with Crippen LogP contribution in [0.15, 0.2) is 41.9 Å². The number of aryl methyl sites for hydroxylation is 1. The molecule has 0 aliphatic rings. The van der Waals surface area contributed by atoms with Gasteiger partial charge < -0.3 is 15.2 Å². The number of halogens is 1. The number of guanidine groups is 1. The number of nitrogens with one attached hydrogen (secondary N) is 2. The number of aliphatic imine (C=N–C) groups is 1. The zero-order valence-electron chi connectivity index (χ0n) is 12.5. The Bertz CT molecular complexity index is 531. The molecule has 7 heteroatoms. The smallest absolute Gasteiger partial charge is 0.191 e. The normalized spacial score (nSPS) is 11.0. The van der Waals surface area contributed by atoms with E-state index in [-0.39, 0.29) is 24.0 Å². The first kappa shape index (κ1) is 17.5. The van der Waals surface area contributed by atoms with E-state index < -0.39 is 0 Å². The van der Waals surface area contributed by atoms with E-state index in [9.17, 15) is 0 Å². The summed E-state index contributed by atoms with van der Waals surface area (Å²) in [4.78, 5) is 4.55. The molecule has 2 aromatic heterocycles. The summed E-state index contributed by atoms with van der Waals surface area (Å²) in [5.41, 5.74) is 1.11. The van der Waals surface area contributed by atoms with Gasteiger partial charge in [-0.05, 0) is 19.1 Å². The minimum absolute atomic E-state index is 0. The zero-order chi connectivity index (χ0) is 14.2. The van der Waals surface area contributed by atoms with Crippen molar-refractivity contribution in [1.29, 1.82) is 0 Å². The summed E-state index contributed by atoms with van der Waals surface area (Å²) in [6.45, 7) is 5.31. The molecule has 2 N–H and O–H groups in total. The van der Waals surface area contributed by atoms with Crippen LogP contribution in [0.3, 0.4) is 0 Å². The van der Waals surface area contributed by atoms with Crippen LogP contribution in [0.1, 0.15) is 12.5 Å². The third-order valence-corrected chi connectivity index (χ3v) is 2.85. The quantitative estimate of drug-likeness (QED) is 0.439. The minimum Gasteiger partial charge on any atom is -0.357 e. The molecular weight excluding hydrogens is 379 g/mol. The van der Waals surface area contributed by atoms with Gasteiger partial charge >= 0.3 is 0 Å². The third-order valence-electron chi connectivity index (χ3n) is 2.85. The van der Waals surface area contributed by atoms with Gasteiger partial charge in [0.15, 0.2) is 5.96 Å². The van der Waals surface area contributed by atoms with Crippen LogP contribution in [0.4, 0.5) is 0 Å². The van der Waals surface area contributed by atoms with Crippen molar-refractivity contribution in [1.82, 2.24) is 25.0 Å². The van der Waals surface area contributed by atoms with Crippen molar-refractivity contribution in [2.75, 3.05) is 13.1 Å². The molecule has 0 saturated carbocycles. The lowest BCUT2D eigenvalue weighted by Crippen LogP contribution is -2.38. The van der Waals surface area contributed by atoms with Gasteiger partial charge in [0.05, 0.1) is 12.7 Å². The predicted molar refractivity (Wildman–Crippen MR) is 95.9 cm³/mol. The molecule has 0 aliphatic carbocycles. The molecule has 21 heavy (non-hydrogen) atoms. The molecule has 0 atom stereocenters. The van der Waals surface area contributed by atoms with Gasteiger partial charge in [-0.15, -0.1) is 24.0 Å². The number of nitrogens with zero attached hydrogens (tertiary/aromatic N) is 4. The first-order chi connectivity index (χ1) is 9.78. The highest BCUT2D eigenvalue weighted by atomic mass is 127. The van der Waals surface area contributed by atoms with Crippen molar-refractivity contribution >= 4 is 29.9 Å². The maximum absolute atomic E-state index is 4.55. The summed E-state index contributed by atoms with van der Waals surface area (Å²) >= 11 is 0. The Labute approximate surface area is 142 Å². The Morgan fingerprint density at radius 2 is 2.05 bits per heavy atom. The lowest BCUT2D eigenvalue weighted by Gasteiger charge is -2.11. The fourth-order valence-electron chi connectivity index (χ4n) is 1.89. The molecule has 0 unspecified atom stereocenters. The Morgan fingerprint density at radius 3 is 2.67 bits per heavy atom. The van der Waals surface area contributed by atoms with Crippen molar-refractivity contribution < 1.29 is 0 Å². The lowest BCUT2D eigenvalue weighted by atomic mass is 10.4. The van der Waals surface area contributed by atoms with E-state index in [0.29, 0.717) is 6.54 Å². The average molecular weight is 402 g/mol. The number of aromatic nitrogens is 3. The predicted octanol–water partition coefficient (Wildman–Crippen LogP) is 1.59. The van der Waals surface area contributed by atoms with Crippen molar-refractivity contribution in [2.24, 2.45) is 12.0 Å². The van der Waals surface area contributed by atoms with E-state index in [1.807, 2.05) is 31.6 Å². The molecule has 0 amide bonds. The highest BCUT2D eigenvalue weighted by Crippen LogP contribution is 1.98. The summed E-state index contributed by atoms with van der Waals surface area (Å²) in [6, 6.07) is 4.06. The van der Waals surface area contributed by atoms with Gasteiger partial charge in [0.1, 0.15) is 0 Å². The maximum Gasteiger partial charge on any atom is 0.191 e. The van der Waals surface area contributed by atoms with Crippen LogP contribution in [0.2, 0.25) is 0 Å². The van der Waals surface area contributed by atoms with Gasteiger partial charge in [-0.2, -0.15) is 5.10 Å². The molecule has 0 aromatic carbocycles. The van der Waals surface area contributed by atoms with Gasteiger partial charge in [0, 0.05) is 50.8 Å². The van der Waals surface area contributed by atoms with Gasteiger partial charge in [-0.1, -0.05) is 0 Å². The highest BCUT2D eigenvalue weighted by Gasteiger charge is 1.99. The number of hydrogen-bond acceptors (Lipinski definition) is 2. The summed E-state index contributed by atoms with van der Waals surface area (Å²) < 4.78 is 3.93. The van der Waals surface area contributed by atoms with Crippen LogP contribution in [0.5, 0.6) is 0 Å². The second kappa shape index (κ2) is 9.43. The van der Waals surface area contributed by atoms with Crippen LogP contribution in [0.25, 0.3) is 0 Å². The molecule has 2 rings (SSSR count). The van der Waals surface area contributed by atoms with E-state index in [2.05, 4.69) is 44.6 Å². The SMILES string of the molecule is CCNC(=NCc1cnn(C)c1)NCCn1cccc1.I. The monoisotopic (exact) mass is 402 g/mol. The Morgan fingerprint density at radius 1 is 1.29 bits per heavy atom. The van der Waals surface area contributed by atoms with Gasteiger partial charge in [0.2, 0.25) is 0 Å². The van der Waals surface area contributed by atoms with Crippen LogP contribution >= 0.6 is 24.0 Å². The van der Waals surface area contributed by atoms with Gasteiger partial charge in [-0.25, -0.2) is 4.99 Å². The fourth-order valence-corrected chi connectivity index (χ4v) is 1.89. The lowest BCUT2D eigenvalue weighted by molar-refractivity contribution is 0.665. The average Bonchev–Trinajstić information content (AvgIpc) is 3.07. The molecule has 0 aliphatic heterocycles. The molecular formula is C14H23IN6. The van der Waals surface area contributed by atoms with Crippen LogP contribution in [0, 0.1) is 0 Å². The van der Waals surface area contributed by atoms with Gasteiger partial charge in [0.25, 0.3) is 0 Å². The second-order valence-electron chi connectivity index (χ2n) is 4.57. The Hall–Kier alpha value is -1.51. The van der Waals surface area contributed by atoms with Crippen LogP contribution in [-0.4, -0.2) is 33.4 Å². The van der Waals surface area contributed by atoms with Crippen LogP contribution < -0.4 is 10.6 Å². The van der Waals surface area contributed by atoms with E-state index >= 15 is 0 Å². The molecule has 2 heterocycles. The third kappa shape index (κ3) is 6.19. The van der Waals surface area contributed by atoms with Gasteiger partial charge in [-0.3, -0.25) is 4.68 Å². The fraction of sp³-hybridized carbons (Fsp3) is 0.429. The van der Waals surface area contributed by atoms with E-state index in [0.717, 1.165) is 31.2 Å². The minimum atomic E-state index is 0. The molecule has 0 spiro atoms. The van der Waals surface area contributed by atoms with E-state index in [1.54, 1.807) is 4.68 Å². The number of rotatable bonds is 6. The number of hydrogen-bond donors (Lipinski definition) is 2. The van der Waals surface area contributed by atoms with E-state index in [1.165, 1.54) is 0 Å². The molecule has 116 valence electrons. The second-order valence-corrected chi connectivity index (χ2v) is 4.57. The molecule has 0 radical (unpaired) electrons. The zero-order valence-corrected chi connectivity index (χ0v) is 14.8. The largest absolute Gasteiger partial charge is 0.357 e. The van der Waals surface area contributed by atoms with Crippen molar-refractivity contribution in [3.8, 4) is 0 Å². The van der Waals surface area contributed by atoms with Crippen molar-refractivity contribution in [3.63, 3.8) is 0 Å². The summed E-state index contributed by atoms with van der Waals surface area (Å²) in [5, 5.41) is 10.7. The molecule has 2 aromatic rings. The first-order valence-electron chi connectivity index (χ1n) is 6.88. The highest BCUT2D eigenvalue weighted by molar-refractivity contribution is 14.0. The molecule has 0 fully saturated rings. The molecule has 0 bridgehead atoms. The van der Waals surface area contributed by atoms with E-state index in [4.69, 9.17) is 0 Å². The maximum atomic E-state index is 4.55. The Kier molecular flexibility index (Phi) is 7.88.